The van der Waals surface area contributed by atoms with Crippen LogP contribution in [-0.4, -0.2) is 10.9 Å². The van der Waals surface area contributed by atoms with Crippen molar-refractivity contribution in [3.63, 3.8) is 0 Å². The van der Waals surface area contributed by atoms with Crippen LogP contribution < -0.4 is 5.32 Å². The number of hydrogen-bond acceptors (Lipinski definition) is 2. The van der Waals surface area contributed by atoms with Crippen molar-refractivity contribution < 1.29 is 4.79 Å². The second-order valence-electron chi connectivity index (χ2n) is 5.09. The molecule has 3 nitrogen and oxygen atoms in total. The minimum absolute atomic E-state index is 0.250. The van der Waals surface area contributed by atoms with Gasteiger partial charge in [0.05, 0.1) is 10.6 Å². The number of halogens is 2. The number of aromatic nitrogens is 1. The third-order valence-corrected chi connectivity index (χ3v) is 4.22. The van der Waals surface area contributed by atoms with Crippen molar-refractivity contribution in [3.05, 3.63) is 57.3 Å². The lowest BCUT2D eigenvalue weighted by Gasteiger charge is -2.19. The van der Waals surface area contributed by atoms with Gasteiger partial charge in [-0.25, -0.2) is 4.98 Å². The number of rotatable bonds is 2. The molecular formula is C16H14Cl2N2O. The molecule has 1 aromatic carbocycles. The van der Waals surface area contributed by atoms with Crippen LogP contribution in [0.3, 0.4) is 0 Å². The smallest absolute Gasteiger partial charge is 0.257 e. The second kappa shape index (κ2) is 6.04. The minimum Gasteiger partial charge on any atom is -0.322 e. The predicted molar refractivity (Wildman–Crippen MR) is 85.3 cm³/mol. The SMILES string of the molecule is O=C(Nc1cccc2c1CCCC2)c1cc(Cl)ncc1Cl. The highest BCUT2D eigenvalue weighted by Gasteiger charge is 2.17. The van der Waals surface area contributed by atoms with Crippen molar-refractivity contribution in [1.82, 2.24) is 4.98 Å². The maximum absolute atomic E-state index is 12.4. The van der Waals surface area contributed by atoms with Gasteiger partial charge in [-0.2, -0.15) is 0 Å². The topological polar surface area (TPSA) is 42.0 Å². The van der Waals surface area contributed by atoms with E-state index in [0.717, 1.165) is 24.9 Å². The molecule has 0 saturated heterocycles. The zero-order chi connectivity index (χ0) is 14.8. The molecule has 1 heterocycles. The number of nitrogens with zero attached hydrogens (tertiary/aromatic N) is 1. The van der Waals surface area contributed by atoms with Crippen LogP contribution in [0.1, 0.15) is 34.3 Å². The average Bonchev–Trinajstić information content (AvgIpc) is 2.50. The molecule has 0 fully saturated rings. The van der Waals surface area contributed by atoms with Gasteiger partial charge >= 0.3 is 0 Å². The van der Waals surface area contributed by atoms with Crippen molar-refractivity contribution in [1.29, 1.82) is 0 Å². The molecular weight excluding hydrogens is 307 g/mol. The number of benzene rings is 1. The van der Waals surface area contributed by atoms with Crippen LogP contribution >= 0.6 is 23.2 Å². The van der Waals surface area contributed by atoms with Gasteiger partial charge in [0, 0.05) is 11.9 Å². The fourth-order valence-corrected chi connectivity index (χ4v) is 3.02. The maximum Gasteiger partial charge on any atom is 0.257 e. The summed E-state index contributed by atoms with van der Waals surface area (Å²) in [5.74, 6) is -0.261. The Kier molecular flexibility index (Phi) is 4.13. The Labute approximate surface area is 133 Å². The molecule has 5 heteroatoms. The van der Waals surface area contributed by atoms with Crippen molar-refractivity contribution >= 4 is 34.8 Å². The number of anilines is 1. The van der Waals surface area contributed by atoms with E-state index in [2.05, 4.69) is 16.4 Å². The Morgan fingerprint density at radius 3 is 2.86 bits per heavy atom. The van der Waals surface area contributed by atoms with Crippen molar-refractivity contribution in [2.45, 2.75) is 25.7 Å². The first-order valence-electron chi connectivity index (χ1n) is 6.88. The number of aryl methyl sites for hydroxylation is 1. The molecule has 21 heavy (non-hydrogen) atoms. The number of pyridine rings is 1. The van der Waals surface area contributed by atoms with Gasteiger partial charge in [0.2, 0.25) is 0 Å². The third-order valence-electron chi connectivity index (χ3n) is 3.71. The van der Waals surface area contributed by atoms with E-state index >= 15 is 0 Å². The highest BCUT2D eigenvalue weighted by atomic mass is 35.5. The predicted octanol–water partition coefficient (Wildman–Crippen LogP) is 4.52. The second-order valence-corrected chi connectivity index (χ2v) is 5.89. The number of hydrogen-bond donors (Lipinski definition) is 1. The molecule has 1 N–H and O–H groups in total. The summed E-state index contributed by atoms with van der Waals surface area (Å²) in [5.41, 5.74) is 3.75. The summed E-state index contributed by atoms with van der Waals surface area (Å²) >= 11 is 11.8. The third kappa shape index (κ3) is 3.04. The van der Waals surface area contributed by atoms with E-state index in [4.69, 9.17) is 23.2 Å². The molecule has 0 radical (unpaired) electrons. The Bertz CT molecular complexity index is 701. The van der Waals surface area contributed by atoms with Gasteiger partial charge in [-0.1, -0.05) is 35.3 Å². The molecule has 0 unspecified atom stereocenters. The van der Waals surface area contributed by atoms with Crippen LogP contribution in [-0.2, 0) is 12.8 Å². The number of nitrogens with one attached hydrogen (secondary N) is 1. The van der Waals surface area contributed by atoms with Gasteiger partial charge in [0.15, 0.2) is 0 Å². The molecule has 1 aliphatic carbocycles. The van der Waals surface area contributed by atoms with Gasteiger partial charge in [0.25, 0.3) is 5.91 Å². The fourth-order valence-electron chi connectivity index (χ4n) is 2.68. The summed E-state index contributed by atoms with van der Waals surface area (Å²) in [6, 6.07) is 7.51. The quantitative estimate of drug-likeness (QED) is 0.826. The largest absolute Gasteiger partial charge is 0.322 e. The van der Waals surface area contributed by atoms with E-state index in [1.807, 2.05) is 12.1 Å². The molecule has 0 aliphatic heterocycles. The summed E-state index contributed by atoms with van der Waals surface area (Å²) in [4.78, 5) is 16.2. The van der Waals surface area contributed by atoms with Crippen molar-refractivity contribution in [2.75, 3.05) is 5.32 Å². The molecule has 1 aliphatic rings. The first-order chi connectivity index (χ1) is 10.1. The van der Waals surface area contributed by atoms with Crippen molar-refractivity contribution in [2.24, 2.45) is 0 Å². The van der Waals surface area contributed by atoms with Crippen molar-refractivity contribution in [3.8, 4) is 0 Å². The molecule has 3 rings (SSSR count). The molecule has 1 aromatic heterocycles. The van der Waals surface area contributed by atoms with Gasteiger partial charge < -0.3 is 5.32 Å². The summed E-state index contributed by atoms with van der Waals surface area (Å²) in [7, 11) is 0. The van der Waals surface area contributed by atoms with E-state index in [0.29, 0.717) is 10.6 Å². The van der Waals surface area contributed by atoms with Crippen LogP contribution in [0.25, 0.3) is 0 Å². The normalized spacial score (nSPS) is 13.6. The average molecular weight is 321 g/mol. The van der Waals surface area contributed by atoms with E-state index in [1.165, 1.54) is 29.8 Å². The molecule has 0 saturated carbocycles. The van der Waals surface area contributed by atoms with E-state index in [1.54, 1.807) is 0 Å². The standard InChI is InChI=1S/C16H14Cl2N2O/c17-13-9-19-15(18)8-12(13)16(21)20-14-7-3-5-10-4-1-2-6-11(10)14/h3,5,7-9H,1-2,4,6H2,(H,20,21). The fraction of sp³-hybridized carbons (Fsp3) is 0.250. The Hall–Kier alpha value is -1.58. The Morgan fingerprint density at radius 2 is 2.00 bits per heavy atom. The van der Waals surface area contributed by atoms with Gasteiger partial charge in [-0.15, -0.1) is 0 Å². The van der Waals surface area contributed by atoms with E-state index < -0.39 is 0 Å². The van der Waals surface area contributed by atoms with Gasteiger partial charge in [-0.05, 0) is 48.9 Å². The maximum atomic E-state index is 12.4. The molecule has 2 aromatic rings. The monoisotopic (exact) mass is 320 g/mol. The lowest BCUT2D eigenvalue weighted by molar-refractivity contribution is 0.102. The first kappa shape index (κ1) is 14.4. The van der Waals surface area contributed by atoms with Crippen LogP contribution in [0.5, 0.6) is 0 Å². The first-order valence-corrected chi connectivity index (χ1v) is 7.64. The molecule has 0 spiro atoms. The van der Waals surface area contributed by atoms with E-state index in [9.17, 15) is 4.79 Å². The van der Waals surface area contributed by atoms with Gasteiger partial charge in [0.1, 0.15) is 5.15 Å². The zero-order valence-corrected chi connectivity index (χ0v) is 12.8. The lowest BCUT2D eigenvalue weighted by Crippen LogP contribution is -2.16. The van der Waals surface area contributed by atoms with Crippen LogP contribution in [0.4, 0.5) is 5.69 Å². The highest BCUT2D eigenvalue weighted by molar-refractivity contribution is 6.35. The number of amides is 1. The number of carbonyl (C=O) groups excluding carboxylic acids is 1. The van der Waals surface area contributed by atoms with E-state index in [-0.39, 0.29) is 11.1 Å². The minimum atomic E-state index is -0.261. The Morgan fingerprint density at radius 1 is 1.19 bits per heavy atom. The summed E-state index contributed by atoms with van der Waals surface area (Å²) in [6.45, 7) is 0. The summed E-state index contributed by atoms with van der Waals surface area (Å²) < 4.78 is 0. The molecule has 1 amide bonds. The molecule has 0 atom stereocenters. The summed E-state index contributed by atoms with van der Waals surface area (Å²) in [6.07, 6.45) is 5.81. The van der Waals surface area contributed by atoms with Crippen LogP contribution in [0, 0.1) is 0 Å². The molecule has 108 valence electrons. The van der Waals surface area contributed by atoms with Crippen LogP contribution in [0.2, 0.25) is 10.2 Å². The summed E-state index contributed by atoms with van der Waals surface area (Å²) in [5, 5.41) is 3.49. The highest BCUT2D eigenvalue weighted by Crippen LogP contribution is 2.28. The Balaban J connectivity index is 1.90. The number of fused-ring (bicyclic) bond motifs is 1. The zero-order valence-electron chi connectivity index (χ0n) is 11.3. The van der Waals surface area contributed by atoms with Gasteiger partial charge in [-0.3, -0.25) is 4.79 Å². The lowest BCUT2D eigenvalue weighted by atomic mass is 9.90. The van der Waals surface area contributed by atoms with Crippen LogP contribution in [0.15, 0.2) is 30.5 Å². The molecule has 0 bridgehead atoms. The number of carbonyl (C=O) groups is 1.